The number of carbonyl (C=O) groups is 2. The lowest BCUT2D eigenvalue weighted by Crippen LogP contribution is -2.08. The second kappa shape index (κ2) is 4.88. The minimum Gasteiger partial charge on any atom is -0.465 e. The molecule has 0 aromatic heterocycles. The van der Waals surface area contributed by atoms with Crippen LogP contribution in [0.3, 0.4) is 0 Å². The van der Waals surface area contributed by atoms with E-state index in [1.54, 1.807) is 6.92 Å². The van der Waals surface area contributed by atoms with E-state index in [4.69, 9.17) is 0 Å². The van der Waals surface area contributed by atoms with Gasteiger partial charge in [0.15, 0.2) is 0 Å². The second-order valence-corrected chi connectivity index (χ2v) is 3.63. The molecule has 0 aliphatic carbocycles. The second-order valence-electron chi connectivity index (χ2n) is 3.63. The van der Waals surface area contributed by atoms with Crippen molar-refractivity contribution in [3.63, 3.8) is 0 Å². The Bertz CT molecular complexity index is 438. The monoisotopic (exact) mass is 224 g/mol. The molecule has 0 bridgehead atoms. The molecule has 0 spiro atoms. The van der Waals surface area contributed by atoms with Gasteiger partial charge in [-0.05, 0) is 37.1 Å². The number of rotatable bonds is 3. The number of aryl methyl sites for hydroxylation is 1. The Balaban J connectivity index is 3.21. The molecule has 16 heavy (non-hydrogen) atoms. The van der Waals surface area contributed by atoms with Gasteiger partial charge in [-0.25, -0.2) is 9.18 Å². The third kappa shape index (κ3) is 2.66. The molecule has 0 unspecified atom stereocenters. The fourth-order valence-electron chi connectivity index (χ4n) is 1.45. The number of benzene rings is 1. The van der Waals surface area contributed by atoms with Crippen molar-refractivity contribution in [3.8, 4) is 0 Å². The first kappa shape index (κ1) is 12.4. The molecule has 0 amide bonds. The van der Waals surface area contributed by atoms with E-state index in [0.717, 1.165) is 0 Å². The topological polar surface area (TPSA) is 43.4 Å². The van der Waals surface area contributed by atoms with Crippen molar-refractivity contribution in [2.24, 2.45) is 0 Å². The number of methoxy groups -OCH3 is 1. The summed E-state index contributed by atoms with van der Waals surface area (Å²) in [4.78, 5) is 22.3. The van der Waals surface area contributed by atoms with Crippen molar-refractivity contribution in [1.82, 2.24) is 0 Å². The van der Waals surface area contributed by atoms with Crippen LogP contribution < -0.4 is 0 Å². The lowest BCUT2D eigenvalue weighted by Gasteiger charge is -2.07. The molecule has 86 valence electrons. The van der Waals surface area contributed by atoms with Crippen molar-refractivity contribution in [3.05, 3.63) is 34.6 Å². The van der Waals surface area contributed by atoms with Gasteiger partial charge in [0.05, 0.1) is 12.7 Å². The van der Waals surface area contributed by atoms with Crippen molar-refractivity contribution in [2.75, 3.05) is 7.11 Å². The van der Waals surface area contributed by atoms with Crippen LogP contribution in [-0.4, -0.2) is 18.9 Å². The van der Waals surface area contributed by atoms with Crippen molar-refractivity contribution < 1.29 is 18.7 Å². The number of ether oxygens (including phenoxy) is 1. The van der Waals surface area contributed by atoms with E-state index >= 15 is 0 Å². The Morgan fingerprint density at radius 2 is 2.00 bits per heavy atom. The average Bonchev–Trinajstić information content (AvgIpc) is 2.20. The molecule has 0 saturated carbocycles. The Kier molecular flexibility index (Phi) is 3.77. The van der Waals surface area contributed by atoms with Crippen LogP contribution in [0.4, 0.5) is 4.39 Å². The van der Waals surface area contributed by atoms with Gasteiger partial charge in [-0.2, -0.15) is 0 Å². The van der Waals surface area contributed by atoms with Crippen molar-refractivity contribution in [2.45, 2.75) is 20.3 Å². The predicted octanol–water partition coefficient (Wildman–Crippen LogP) is 2.05. The fraction of sp³-hybridized carbons (Fsp3) is 0.333. The smallest absolute Gasteiger partial charge is 0.338 e. The number of esters is 1. The highest BCUT2D eigenvalue weighted by Crippen LogP contribution is 2.17. The summed E-state index contributed by atoms with van der Waals surface area (Å²) in [7, 11) is 1.26. The number of halogens is 1. The van der Waals surface area contributed by atoms with Gasteiger partial charge in [0, 0.05) is 6.42 Å². The van der Waals surface area contributed by atoms with Gasteiger partial charge in [-0.3, -0.25) is 4.79 Å². The summed E-state index contributed by atoms with van der Waals surface area (Å²) in [5, 5.41) is 0. The summed E-state index contributed by atoms with van der Waals surface area (Å²) < 4.78 is 18.0. The van der Waals surface area contributed by atoms with Gasteiger partial charge in [-0.15, -0.1) is 0 Å². The molecule has 0 aliphatic heterocycles. The molecular formula is C12H13FO3. The maximum atomic E-state index is 13.5. The predicted molar refractivity (Wildman–Crippen MR) is 56.9 cm³/mol. The Morgan fingerprint density at radius 1 is 1.38 bits per heavy atom. The molecule has 1 aromatic rings. The zero-order valence-electron chi connectivity index (χ0n) is 9.46. The quantitative estimate of drug-likeness (QED) is 0.738. The summed E-state index contributed by atoms with van der Waals surface area (Å²) in [6.45, 7) is 2.99. The maximum Gasteiger partial charge on any atom is 0.338 e. The minimum absolute atomic E-state index is 0.0178. The molecule has 1 aromatic carbocycles. The summed E-state index contributed by atoms with van der Waals surface area (Å²) >= 11 is 0. The van der Waals surface area contributed by atoms with E-state index in [1.165, 1.54) is 26.2 Å². The SMILES string of the molecule is COC(=O)c1cc(CC(C)=O)c(F)cc1C. The number of ketones is 1. The average molecular weight is 224 g/mol. The highest BCUT2D eigenvalue weighted by Gasteiger charge is 2.14. The standard InChI is InChI=1S/C12H13FO3/c1-7-4-11(13)9(5-8(2)14)6-10(7)12(15)16-3/h4,6H,5H2,1-3H3. The van der Waals surface area contributed by atoms with Crippen LogP contribution in [0.2, 0.25) is 0 Å². The van der Waals surface area contributed by atoms with E-state index in [0.29, 0.717) is 11.1 Å². The van der Waals surface area contributed by atoms with Gasteiger partial charge in [0.25, 0.3) is 0 Å². The van der Waals surface area contributed by atoms with Gasteiger partial charge < -0.3 is 4.74 Å². The van der Waals surface area contributed by atoms with E-state index in [-0.39, 0.29) is 17.8 Å². The Hall–Kier alpha value is -1.71. The molecule has 3 nitrogen and oxygen atoms in total. The van der Waals surface area contributed by atoms with Crippen LogP contribution in [-0.2, 0) is 16.0 Å². The third-order valence-corrected chi connectivity index (χ3v) is 2.24. The zero-order chi connectivity index (χ0) is 12.3. The zero-order valence-corrected chi connectivity index (χ0v) is 9.46. The Morgan fingerprint density at radius 3 is 2.50 bits per heavy atom. The minimum atomic E-state index is -0.526. The van der Waals surface area contributed by atoms with E-state index < -0.39 is 11.8 Å². The number of hydrogen-bond donors (Lipinski definition) is 0. The molecule has 0 aliphatic rings. The Labute approximate surface area is 93.2 Å². The third-order valence-electron chi connectivity index (χ3n) is 2.24. The van der Waals surface area contributed by atoms with Gasteiger partial charge >= 0.3 is 5.97 Å². The maximum absolute atomic E-state index is 13.5. The fourth-order valence-corrected chi connectivity index (χ4v) is 1.45. The van der Waals surface area contributed by atoms with E-state index in [1.807, 2.05) is 0 Å². The lowest BCUT2D eigenvalue weighted by atomic mass is 10.0. The van der Waals surface area contributed by atoms with Crippen LogP contribution in [0.15, 0.2) is 12.1 Å². The molecule has 0 fully saturated rings. The largest absolute Gasteiger partial charge is 0.465 e. The summed E-state index contributed by atoms with van der Waals surface area (Å²) in [6.07, 6.45) is -0.0178. The van der Waals surface area contributed by atoms with Crippen molar-refractivity contribution >= 4 is 11.8 Å². The van der Waals surface area contributed by atoms with Gasteiger partial charge in [-0.1, -0.05) is 0 Å². The van der Waals surface area contributed by atoms with Crippen LogP contribution >= 0.6 is 0 Å². The molecule has 4 heteroatoms. The van der Waals surface area contributed by atoms with Crippen LogP contribution in [0.1, 0.15) is 28.4 Å². The first-order valence-electron chi connectivity index (χ1n) is 4.82. The highest BCUT2D eigenvalue weighted by molar-refractivity contribution is 5.91. The molecule has 1 rings (SSSR count). The first-order valence-corrected chi connectivity index (χ1v) is 4.82. The number of Topliss-reactive ketones (excluding diaryl/α,β-unsaturated/α-hetero) is 1. The first-order chi connectivity index (χ1) is 7.45. The number of carbonyl (C=O) groups excluding carboxylic acids is 2. The molecule has 0 heterocycles. The number of hydrogen-bond acceptors (Lipinski definition) is 3. The molecule has 0 saturated heterocycles. The van der Waals surface area contributed by atoms with E-state index in [2.05, 4.69) is 4.74 Å². The summed E-state index contributed by atoms with van der Waals surface area (Å²) in [5.41, 5.74) is 1.01. The lowest BCUT2D eigenvalue weighted by molar-refractivity contribution is -0.116. The molecule has 0 radical (unpaired) electrons. The highest BCUT2D eigenvalue weighted by atomic mass is 19.1. The van der Waals surface area contributed by atoms with E-state index in [9.17, 15) is 14.0 Å². The normalized spacial score (nSPS) is 10.0. The molecular weight excluding hydrogens is 211 g/mol. The van der Waals surface area contributed by atoms with Crippen molar-refractivity contribution in [1.29, 1.82) is 0 Å². The van der Waals surface area contributed by atoms with Gasteiger partial charge in [0.2, 0.25) is 0 Å². The van der Waals surface area contributed by atoms with Crippen LogP contribution in [0.5, 0.6) is 0 Å². The van der Waals surface area contributed by atoms with Crippen LogP contribution in [0, 0.1) is 12.7 Å². The summed E-state index contributed by atoms with van der Waals surface area (Å²) in [5.74, 6) is -1.15. The molecule has 0 atom stereocenters. The molecule has 0 N–H and O–H groups in total. The van der Waals surface area contributed by atoms with Gasteiger partial charge in [0.1, 0.15) is 11.6 Å². The van der Waals surface area contributed by atoms with Crippen LogP contribution in [0.25, 0.3) is 0 Å². The summed E-state index contributed by atoms with van der Waals surface area (Å²) in [6, 6.07) is 2.61.